The van der Waals surface area contributed by atoms with Crippen molar-refractivity contribution >= 4 is 23.2 Å². The van der Waals surface area contributed by atoms with Gasteiger partial charge in [0.15, 0.2) is 0 Å². The quantitative estimate of drug-likeness (QED) is 0.619. The fraction of sp³-hybridized carbons (Fsp3) is 0.636. The fourth-order valence-corrected chi connectivity index (χ4v) is 4.11. The molecule has 0 unspecified atom stereocenters. The van der Waals surface area contributed by atoms with E-state index in [0.717, 1.165) is 25.8 Å². The predicted molar refractivity (Wildman–Crippen MR) is 115 cm³/mol. The van der Waals surface area contributed by atoms with Crippen LogP contribution in [-0.2, 0) is 14.3 Å². The van der Waals surface area contributed by atoms with Gasteiger partial charge in [0.25, 0.3) is 12.3 Å². The molecule has 1 saturated carbocycles. The molecule has 0 spiro atoms. The van der Waals surface area contributed by atoms with Crippen molar-refractivity contribution in [3.63, 3.8) is 0 Å². The standard InChI is InChI=1S/C22H32F2N4O3/c1-14(2)12-28(16-4-3-5-16)19(11-25)22(30)26-15-6-7-18(17(10-15)21(23)24)27-8-9-31-13-20(27)29/h6-7,10,14,16,19,21H,3-5,8-9,11-13,25H2,1-2H3,(H,26,30)/t19-/m1/s1. The molecule has 1 saturated heterocycles. The zero-order valence-corrected chi connectivity index (χ0v) is 18.2. The molecule has 1 aromatic carbocycles. The van der Waals surface area contributed by atoms with Crippen LogP contribution in [0.15, 0.2) is 18.2 Å². The first kappa shape index (κ1) is 23.6. The SMILES string of the molecule is CC(C)CN(C1CCC1)[C@H](CN)C(=O)Nc1ccc(N2CCOCC2=O)c(C(F)F)c1. The number of benzene rings is 1. The van der Waals surface area contributed by atoms with Gasteiger partial charge >= 0.3 is 0 Å². The Hall–Kier alpha value is -2.10. The van der Waals surface area contributed by atoms with Crippen molar-refractivity contribution in [3.05, 3.63) is 23.8 Å². The molecule has 3 rings (SSSR count). The van der Waals surface area contributed by atoms with E-state index in [1.165, 1.54) is 17.0 Å². The number of ether oxygens (including phenoxy) is 1. The molecular formula is C22H32F2N4O3. The van der Waals surface area contributed by atoms with Gasteiger partial charge in [-0.25, -0.2) is 8.78 Å². The van der Waals surface area contributed by atoms with E-state index >= 15 is 0 Å². The topological polar surface area (TPSA) is 87.9 Å². The van der Waals surface area contributed by atoms with Crippen LogP contribution in [0.2, 0.25) is 0 Å². The third-order valence-corrected chi connectivity index (χ3v) is 5.85. The highest BCUT2D eigenvalue weighted by molar-refractivity contribution is 5.98. The molecule has 7 nitrogen and oxygen atoms in total. The molecule has 1 aliphatic carbocycles. The van der Waals surface area contributed by atoms with Crippen LogP contribution in [0.4, 0.5) is 20.2 Å². The van der Waals surface area contributed by atoms with E-state index in [0.29, 0.717) is 12.0 Å². The summed E-state index contributed by atoms with van der Waals surface area (Å²) >= 11 is 0. The number of nitrogens with two attached hydrogens (primary N) is 1. The Morgan fingerprint density at radius 2 is 2.10 bits per heavy atom. The molecular weight excluding hydrogens is 406 g/mol. The number of hydrogen-bond donors (Lipinski definition) is 2. The van der Waals surface area contributed by atoms with Gasteiger partial charge in [-0.2, -0.15) is 0 Å². The van der Waals surface area contributed by atoms with Gasteiger partial charge in [-0.3, -0.25) is 14.5 Å². The van der Waals surface area contributed by atoms with E-state index in [-0.39, 0.29) is 55.1 Å². The van der Waals surface area contributed by atoms with Crippen molar-refractivity contribution in [2.45, 2.75) is 51.6 Å². The van der Waals surface area contributed by atoms with E-state index in [9.17, 15) is 18.4 Å². The first-order valence-electron chi connectivity index (χ1n) is 10.9. The van der Waals surface area contributed by atoms with Gasteiger partial charge in [0.1, 0.15) is 12.6 Å². The summed E-state index contributed by atoms with van der Waals surface area (Å²) in [4.78, 5) is 28.6. The van der Waals surface area contributed by atoms with E-state index < -0.39 is 12.5 Å². The predicted octanol–water partition coefficient (Wildman–Crippen LogP) is 2.76. The normalized spacial score (nSPS) is 18.6. The van der Waals surface area contributed by atoms with Gasteiger partial charge < -0.3 is 20.7 Å². The van der Waals surface area contributed by atoms with Crippen molar-refractivity contribution in [3.8, 4) is 0 Å². The van der Waals surface area contributed by atoms with Crippen molar-refractivity contribution in [2.24, 2.45) is 11.7 Å². The minimum absolute atomic E-state index is 0.133. The molecule has 3 N–H and O–H groups in total. The average Bonchev–Trinajstić information content (AvgIpc) is 2.67. The number of morpholine rings is 1. The maximum Gasteiger partial charge on any atom is 0.265 e. The summed E-state index contributed by atoms with van der Waals surface area (Å²) < 4.78 is 32.6. The number of alkyl halides is 2. The monoisotopic (exact) mass is 438 g/mol. The van der Waals surface area contributed by atoms with Crippen LogP contribution in [0.3, 0.4) is 0 Å². The summed E-state index contributed by atoms with van der Waals surface area (Å²) in [6.07, 6.45) is 0.417. The number of nitrogens with one attached hydrogen (secondary N) is 1. The Morgan fingerprint density at radius 1 is 1.35 bits per heavy atom. The van der Waals surface area contributed by atoms with Gasteiger partial charge in [0, 0.05) is 36.9 Å². The number of nitrogens with zero attached hydrogens (tertiary/aromatic N) is 2. The third-order valence-electron chi connectivity index (χ3n) is 5.85. The third kappa shape index (κ3) is 5.58. The molecule has 0 radical (unpaired) electrons. The smallest absolute Gasteiger partial charge is 0.265 e. The van der Waals surface area contributed by atoms with Gasteiger partial charge in [-0.1, -0.05) is 20.3 Å². The first-order valence-corrected chi connectivity index (χ1v) is 10.9. The molecule has 31 heavy (non-hydrogen) atoms. The van der Waals surface area contributed by atoms with E-state index in [1.807, 2.05) is 0 Å². The molecule has 172 valence electrons. The van der Waals surface area contributed by atoms with Crippen molar-refractivity contribution in [1.82, 2.24) is 4.90 Å². The minimum atomic E-state index is -2.79. The molecule has 0 bridgehead atoms. The summed E-state index contributed by atoms with van der Waals surface area (Å²) in [6, 6.07) is 4.04. The van der Waals surface area contributed by atoms with Crippen LogP contribution in [0.5, 0.6) is 0 Å². The highest BCUT2D eigenvalue weighted by Gasteiger charge is 2.34. The number of carbonyl (C=O) groups is 2. The van der Waals surface area contributed by atoms with E-state index in [4.69, 9.17) is 10.5 Å². The lowest BCUT2D eigenvalue weighted by Crippen LogP contribution is -2.55. The lowest BCUT2D eigenvalue weighted by Gasteiger charge is -2.42. The Morgan fingerprint density at radius 3 is 2.65 bits per heavy atom. The average molecular weight is 439 g/mol. The number of amides is 2. The zero-order chi connectivity index (χ0) is 22.5. The number of halogens is 2. The summed E-state index contributed by atoms with van der Waals surface area (Å²) in [5.74, 6) is -0.290. The largest absolute Gasteiger partial charge is 0.370 e. The Kier molecular flexibility index (Phi) is 7.96. The van der Waals surface area contributed by atoms with Crippen LogP contribution in [0, 0.1) is 5.92 Å². The molecule has 2 fully saturated rings. The maximum absolute atomic E-state index is 13.8. The number of carbonyl (C=O) groups excluding carboxylic acids is 2. The molecule has 1 aromatic rings. The first-order chi connectivity index (χ1) is 14.8. The second kappa shape index (κ2) is 10.5. The lowest BCUT2D eigenvalue weighted by molar-refractivity contribution is -0.125. The van der Waals surface area contributed by atoms with Gasteiger partial charge in [-0.05, 0) is 37.0 Å². The van der Waals surface area contributed by atoms with Crippen molar-refractivity contribution in [1.29, 1.82) is 0 Å². The number of hydrogen-bond acceptors (Lipinski definition) is 5. The van der Waals surface area contributed by atoms with Gasteiger partial charge in [0.05, 0.1) is 12.3 Å². The molecule has 1 heterocycles. The maximum atomic E-state index is 13.8. The van der Waals surface area contributed by atoms with Crippen molar-refractivity contribution in [2.75, 3.05) is 43.1 Å². The summed E-state index contributed by atoms with van der Waals surface area (Å²) in [7, 11) is 0. The molecule has 2 amide bonds. The lowest BCUT2D eigenvalue weighted by atomic mass is 9.89. The fourth-order valence-electron chi connectivity index (χ4n) is 4.11. The Balaban J connectivity index is 1.79. The van der Waals surface area contributed by atoms with Gasteiger partial charge in [-0.15, -0.1) is 0 Å². The Bertz CT molecular complexity index is 786. The summed E-state index contributed by atoms with van der Waals surface area (Å²) in [6.45, 7) is 5.46. The highest BCUT2D eigenvalue weighted by atomic mass is 19.3. The van der Waals surface area contributed by atoms with Crippen LogP contribution in [0.1, 0.15) is 45.1 Å². The molecule has 1 aliphatic heterocycles. The molecule has 0 aromatic heterocycles. The van der Waals surface area contributed by atoms with Crippen LogP contribution < -0.4 is 16.0 Å². The minimum Gasteiger partial charge on any atom is -0.370 e. The second-order valence-corrected chi connectivity index (χ2v) is 8.59. The number of anilines is 2. The second-order valence-electron chi connectivity index (χ2n) is 8.59. The van der Waals surface area contributed by atoms with Gasteiger partial charge in [0.2, 0.25) is 5.91 Å². The van der Waals surface area contributed by atoms with Crippen LogP contribution in [-0.4, -0.2) is 61.6 Å². The number of rotatable bonds is 9. The van der Waals surface area contributed by atoms with Crippen LogP contribution in [0.25, 0.3) is 0 Å². The molecule has 9 heteroatoms. The van der Waals surface area contributed by atoms with Crippen molar-refractivity contribution < 1.29 is 23.1 Å². The summed E-state index contributed by atoms with van der Waals surface area (Å²) in [5.41, 5.74) is 6.07. The van der Waals surface area contributed by atoms with E-state index in [2.05, 4.69) is 24.1 Å². The highest BCUT2D eigenvalue weighted by Crippen LogP contribution is 2.33. The zero-order valence-electron chi connectivity index (χ0n) is 18.2. The molecule has 1 atom stereocenters. The van der Waals surface area contributed by atoms with Crippen LogP contribution >= 0.6 is 0 Å². The molecule has 2 aliphatic rings. The van der Waals surface area contributed by atoms with E-state index in [1.54, 1.807) is 6.07 Å². The Labute approximate surface area is 181 Å². The summed E-state index contributed by atoms with van der Waals surface area (Å²) in [5, 5.41) is 2.76.